The van der Waals surface area contributed by atoms with E-state index in [0.29, 0.717) is 0 Å². The van der Waals surface area contributed by atoms with Gasteiger partial charge < -0.3 is 9.64 Å². The normalized spacial score (nSPS) is 15.0. The number of halogens is 5. The Morgan fingerprint density at radius 2 is 1.96 bits per heavy atom. The van der Waals surface area contributed by atoms with E-state index in [2.05, 4.69) is 4.98 Å². The van der Waals surface area contributed by atoms with Crippen LogP contribution in [-0.4, -0.2) is 35.0 Å². The van der Waals surface area contributed by atoms with Crippen LogP contribution in [0.3, 0.4) is 0 Å². The van der Waals surface area contributed by atoms with Gasteiger partial charge in [-0.1, -0.05) is 17.7 Å². The van der Waals surface area contributed by atoms with Crippen molar-refractivity contribution in [3.63, 3.8) is 0 Å². The Bertz CT molecular complexity index is 807. The number of likely N-dealkylation sites (tertiary alicyclic amines) is 1. The molecular weight excluding hydrogens is 364 g/mol. The lowest BCUT2D eigenvalue weighted by atomic mass is 10.1. The minimum absolute atomic E-state index is 0.00564. The highest BCUT2D eigenvalue weighted by Gasteiger charge is 2.35. The minimum atomic E-state index is -4.56. The topological polar surface area (TPSA) is 42.4 Å². The number of carbonyl (C=O) groups excluding carboxylic acids is 1. The maximum absolute atomic E-state index is 13.0. The third-order valence-corrected chi connectivity index (χ3v) is 3.91. The molecule has 1 aromatic carbocycles. The van der Waals surface area contributed by atoms with Crippen molar-refractivity contribution in [1.29, 1.82) is 0 Å². The number of pyridine rings is 1. The van der Waals surface area contributed by atoms with Gasteiger partial charge in [-0.15, -0.1) is 0 Å². The molecule has 0 atom stereocenters. The first-order valence-electron chi connectivity index (χ1n) is 7.19. The molecule has 0 saturated carbocycles. The number of hydrogen-bond acceptors (Lipinski definition) is 3. The largest absolute Gasteiger partial charge is 0.471 e. The molecule has 0 unspecified atom stereocenters. The van der Waals surface area contributed by atoms with Crippen LogP contribution in [0.1, 0.15) is 16.1 Å². The summed E-state index contributed by atoms with van der Waals surface area (Å²) < 4.78 is 56.2. The standard InChI is InChI=1S/C16H11ClF4N2O2/c17-12-6-9(18)4-5-11(12)15(24)23-7-10(8-23)25-14-3-1-2-13(22-14)16(19,20)21/h1-6,10H,7-8H2. The van der Waals surface area contributed by atoms with Crippen molar-refractivity contribution in [2.45, 2.75) is 12.3 Å². The van der Waals surface area contributed by atoms with E-state index in [1.54, 1.807) is 0 Å². The maximum Gasteiger partial charge on any atom is 0.433 e. The predicted molar refractivity (Wildman–Crippen MR) is 81.0 cm³/mol. The van der Waals surface area contributed by atoms with Gasteiger partial charge in [-0.2, -0.15) is 13.2 Å². The van der Waals surface area contributed by atoms with Gasteiger partial charge in [-0.05, 0) is 24.3 Å². The molecule has 1 amide bonds. The molecule has 3 rings (SSSR count). The molecule has 2 heterocycles. The van der Waals surface area contributed by atoms with Crippen molar-refractivity contribution in [1.82, 2.24) is 9.88 Å². The molecule has 4 nitrogen and oxygen atoms in total. The van der Waals surface area contributed by atoms with Crippen molar-refractivity contribution in [2.24, 2.45) is 0 Å². The minimum Gasteiger partial charge on any atom is -0.471 e. The smallest absolute Gasteiger partial charge is 0.433 e. The molecule has 0 spiro atoms. The molecule has 0 bridgehead atoms. The summed E-state index contributed by atoms with van der Waals surface area (Å²) in [5, 5.41) is -0.00564. The average Bonchev–Trinajstić information content (AvgIpc) is 2.49. The number of amides is 1. The van der Waals surface area contributed by atoms with Gasteiger partial charge in [-0.25, -0.2) is 9.37 Å². The Kier molecular flexibility index (Phi) is 4.55. The maximum atomic E-state index is 13.0. The van der Waals surface area contributed by atoms with Gasteiger partial charge in [0.25, 0.3) is 5.91 Å². The van der Waals surface area contributed by atoms with E-state index in [9.17, 15) is 22.4 Å². The monoisotopic (exact) mass is 374 g/mol. The summed E-state index contributed by atoms with van der Waals surface area (Å²) >= 11 is 5.84. The molecular formula is C16H11ClF4N2O2. The van der Waals surface area contributed by atoms with Crippen LogP contribution >= 0.6 is 11.6 Å². The number of aromatic nitrogens is 1. The van der Waals surface area contributed by atoms with Gasteiger partial charge in [0.1, 0.15) is 17.6 Å². The summed E-state index contributed by atoms with van der Waals surface area (Å²) in [7, 11) is 0. The number of benzene rings is 1. The van der Waals surface area contributed by atoms with E-state index in [-0.39, 0.29) is 29.6 Å². The van der Waals surface area contributed by atoms with Crippen LogP contribution in [0, 0.1) is 5.82 Å². The zero-order valence-corrected chi connectivity index (χ0v) is 13.3. The molecule has 1 aliphatic heterocycles. The van der Waals surface area contributed by atoms with Crippen LogP contribution in [-0.2, 0) is 6.18 Å². The average molecular weight is 375 g/mol. The molecule has 1 aliphatic rings. The van der Waals surface area contributed by atoms with Gasteiger partial charge in [0.15, 0.2) is 0 Å². The Balaban J connectivity index is 1.60. The first-order valence-corrected chi connectivity index (χ1v) is 7.57. The fraction of sp³-hybridized carbons (Fsp3) is 0.250. The second-order valence-corrected chi connectivity index (χ2v) is 5.84. The zero-order valence-electron chi connectivity index (χ0n) is 12.6. The molecule has 2 aromatic rings. The van der Waals surface area contributed by atoms with Crippen LogP contribution in [0.5, 0.6) is 5.88 Å². The molecule has 0 aliphatic carbocycles. The van der Waals surface area contributed by atoms with Crippen LogP contribution < -0.4 is 4.74 Å². The van der Waals surface area contributed by atoms with Crippen LogP contribution in [0.25, 0.3) is 0 Å². The second-order valence-electron chi connectivity index (χ2n) is 5.43. The van der Waals surface area contributed by atoms with Crippen molar-refractivity contribution in [2.75, 3.05) is 13.1 Å². The van der Waals surface area contributed by atoms with Crippen LogP contribution in [0.15, 0.2) is 36.4 Å². The first kappa shape index (κ1) is 17.5. The number of alkyl halides is 3. The summed E-state index contributed by atoms with van der Waals surface area (Å²) in [6, 6.07) is 6.80. The van der Waals surface area contributed by atoms with E-state index in [4.69, 9.17) is 16.3 Å². The van der Waals surface area contributed by atoms with Gasteiger partial charge in [0.2, 0.25) is 5.88 Å². The lowest BCUT2D eigenvalue weighted by molar-refractivity contribution is -0.141. The summed E-state index contributed by atoms with van der Waals surface area (Å²) in [6.45, 7) is 0.342. The van der Waals surface area contributed by atoms with Crippen molar-refractivity contribution >= 4 is 17.5 Å². The SMILES string of the molecule is O=C(c1ccc(F)cc1Cl)N1CC(Oc2cccc(C(F)(F)F)n2)C1. The lowest BCUT2D eigenvalue weighted by Crippen LogP contribution is -2.56. The Morgan fingerprint density at radius 3 is 2.60 bits per heavy atom. The van der Waals surface area contributed by atoms with Crippen molar-refractivity contribution < 1.29 is 27.1 Å². The van der Waals surface area contributed by atoms with Crippen molar-refractivity contribution in [3.8, 4) is 5.88 Å². The van der Waals surface area contributed by atoms with Crippen LogP contribution in [0.2, 0.25) is 5.02 Å². The first-order chi connectivity index (χ1) is 11.7. The number of rotatable bonds is 3. The van der Waals surface area contributed by atoms with Gasteiger partial charge in [0, 0.05) is 6.07 Å². The summed E-state index contributed by atoms with van der Waals surface area (Å²) in [6.07, 6.45) is -5.03. The van der Waals surface area contributed by atoms with Gasteiger partial charge >= 0.3 is 6.18 Å². The van der Waals surface area contributed by atoms with E-state index in [1.165, 1.54) is 23.1 Å². The second kappa shape index (κ2) is 6.51. The van der Waals surface area contributed by atoms with E-state index in [1.807, 2.05) is 0 Å². The van der Waals surface area contributed by atoms with Gasteiger partial charge in [-0.3, -0.25) is 4.79 Å². The highest BCUT2D eigenvalue weighted by Crippen LogP contribution is 2.29. The third-order valence-electron chi connectivity index (χ3n) is 3.60. The van der Waals surface area contributed by atoms with Gasteiger partial charge in [0.05, 0.1) is 23.7 Å². The zero-order chi connectivity index (χ0) is 18.2. The van der Waals surface area contributed by atoms with Crippen LogP contribution in [0.4, 0.5) is 17.6 Å². The molecule has 1 saturated heterocycles. The summed E-state index contributed by atoms with van der Waals surface area (Å²) in [5.74, 6) is -1.12. The molecule has 1 aromatic heterocycles. The Labute approximate surface area is 145 Å². The number of nitrogens with zero attached hydrogens (tertiary/aromatic N) is 2. The number of carbonyl (C=O) groups is 1. The fourth-order valence-corrected chi connectivity index (χ4v) is 2.57. The lowest BCUT2D eigenvalue weighted by Gasteiger charge is -2.38. The van der Waals surface area contributed by atoms with Crippen molar-refractivity contribution in [3.05, 3.63) is 58.5 Å². The summed E-state index contributed by atoms with van der Waals surface area (Å²) in [4.78, 5) is 17.0. The predicted octanol–water partition coefficient (Wildman–Crippen LogP) is 3.80. The van der Waals surface area contributed by atoms with E-state index < -0.39 is 29.7 Å². The Morgan fingerprint density at radius 1 is 1.24 bits per heavy atom. The molecule has 0 radical (unpaired) electrons. The highest BCUT2D eigenvalue weighted by atomic mass is 35.5. The molecule has 132 valence electrons. The van der Waals surface area contributed by atoms with E-state index in [0.717, 1.165) is 18.2 Å². The highest BCUT2D eigenvalue weighted by molar-refractivity contribution is 6.33. The summed E-state index contributed by atoms with van der Waals surface area (Å²) in [5.41, 5.74) is -0.894. The van der Waals surface area contributed by atoms with E-state index >= 15 is 0 Å². The Hall–Kier alpha value is -2.35. The quantitative estimate of drug-likeness (QED) is 0.768. The molecule has 1 fully saturated rings. The third kappa shape index (κ3) is 3.84. The molecule has 0 N–H and O–H groups in total. The fourth-order valence-electron chi connectivity index (χ4n) is 2.32. The number of hydrogen-bond donors (Lipinski definition) is 0. The number of ether oxygens (including phenoxy) is 1. The molecule has 25 heavy (non-hydrogen) atoms. The molecule has 9 heteroatoms.